The van der Waals surface area contributed by atoms with Crippen LogP contribution in [0.1, 0.15) is 32.5 Å². The van der Waals surface area contributed by atoms with Crippen molar-refractivity contribution < 1.29 is 4.79 Å². The molecule has 2 N–H and O–H groups in total. The third-order valence-electron chi connectivity index (χ3n) is 4.33. The Bertz CT molecular complexity index is 692. The summed E-state index contributed by atoms with van der Waals surface area (Å²) in [6.07, 6.45) is 1.57. The Morgan fingerprint density at radius 1 is 1.26 bits per heavy atom. The average molecular weight is 313 g/mol. The van der Waals surface area contributed by atoms with Gasteiger partial charge in [0.05, 0.1) is 12.1 Å². The molecule has 3 rings (SSSR count). The number of aromatic nitrogens is 3. The van der Waals surface area contributed by atoms with Crippen molar-refractivity contribution in [3.63, 3.8) is 0 Å². The number of hydrogen-bond donors (Lipinski definition) is 1. The second kappa shape index (κ2) is 6.12. The molecule has 0 bridgehead atoms. The summed E-state index contributed by atoms with van der Waals surface area (Å²) in [7, 11) is 0. The van der Waals surface area contributed by atoms with E-state index >= 15 is 0 Å². The van der Waals surface area contributed by atoms with Gasteiger partial charge in [0, 0.05) is 18.7 Å². The highest BCUT2D eigenvalue weighted by molar-refractivity contribution is 5.85. The Hall–Kier alpha value is -2.21. The first-order valence-corrected chi connectivity index (χ1v) is 8.08. The van der Waals surface area contributed by atoms with Crippen LogP contribution in [0, 0.1) is 0 Å². The van der Waals surface area contributed by atoms with E-state index in [9.17, 15) is 4.79 Å². The number of nitrogens with two attached hydrogens (primary N) is 1. The highest BCUT2D eigenvalue weighted by atomic mass is 16.2. The van der Waals surface area contributed by atoms with Crippen LogP contribution in [0.2, 0.25) is 0 Å². The fourth-order valence-electron chi connectivity index (χ4n) is 3.12. The molecule has 0 spiro atoms. The van der Waals surface area contributed by atoms with Crippen LogP contribution < -0.4 is 5.73 Å². The molecule has 1 atom stereocenters. The summed E-state index contributed by atoms with van der Waals surface area (Å²) in [4.78, 5) is 14.4. The highest BCUT2D eigenvalue weighted by Gasteiger charge is 2.34. The molecule has 23 heavy (non-hydrogen) atoms. The Balaban J connectivity index is 1.81. The summed E-state index contributed by atoms with van der Waals surface area (Å²) in [5.74, 6) is 1.67. The summed E-state index contributed by atoms with van der Waals surface area (Å²) < 4.78 is 2.09. The van der Waals surface area contributed by atoms with Gasteiger partial charge >= 0.3 is 0 Å². The van der Waals surface area contributed by atoms with Gasteiger partial charge < -0.3 is 15.2 Å². The van der Waals surface area contributed by atoms with Gasteiger partial charge in [-0.1, -0.05) is 43.7 Å². The van der Waals surface area contributed by atoms with E-state index in [0.717, 1.165) is 23.6 Å². The molecule has 6 heteroatoms. The molecule has 2 aromatic rings. The Morgan fingerprint density at radius 2 is 2.00 bits per heavy atom. The van der Waals surface area contributed by atoms with E-state index in [1.165, 1.54) is 0 Å². The Morgan fingerprint density at radius 3 is 2.70 bits per heavy atom. The lowest BCUT2D eigenvalue weighted by atomic mass is 9.95. The quantitative estimate of drug-likeness (QED) is 0.934. The predicted octanol–water partition coefficient (Wildman–Crippen LogP) is 1.80. The Kier molecular flexibility index (Phi) is 4.17. The number of carbonyl (C=O) groups excluding carboxylic acids is 1. The summed E-state index contributed by atoms with van der Waals surface area (Å²) in [5, 5.41) is 8.58. The molecule has 0 saturated carbocycles. The van der Waals surface area contributed by atoms with Gasteiger partial charge in [-0.3, -0.25) is 4.79 Å². The minimum atomic E-state index is -0.806. The van der Waals surface area contributed by atoms with E-state index in [1.54, 1.807) is 4.90 Å². The van der Waals surface area contributed by atoms with E-state index in [2.05, 4.69) is 14.8 Å². The van der Waals surface area contributed by atoms with Gasteiger partial charge in [0.25, 0.3) is 0 Å². The summed E-state index contributed by atoms with van der Waals surface area (Å²) in [6.45, 7) is 5.65. The van der Waals surface area contributed by atoms with Crippen molar-refractivity contribution in [2.45, 2.75) is 45.3 Å². The molecule has 0 aliphatic carbocycles. The molecule has 1 aliphatic heterocycles. The molecule has 1 amide bonds. The number of carbonyl (C=O) groups is 1. The van der Waals surface area contributed by atoms with E-state index in [4.69, 9.17) is 5.73 Å². The first-order chi connectivity index (χ1) is 11.0. The minimum Gasteiger partial charge on any atom is -0.332 e. The lowest BCUT2D eigenvalue weighted by Gasteiger charge is -2.34. The van der Waals surface area contributed by atoms with Crippen LogP contribution in [0.25, 0.3) is 11.4 Å². The van der Waals surface area contributed by atoms with Crippen molar-refractivity contribution >= 4 is 5.91 Å². The van der Waals surface area contributed by atoms with E-state index in [-0.39, 0.29) is 5.91 Å². The van der Waals surface area contributed by atoms with Crippen molar-refractivity contribution in [3.8, 4) is 11.4 Å². The van der Waals surface area contributed by atoms with Gasteiger partial charge in [0.1, 0.15) is 0 Å². The van der Waals surface area contributed by atoms with Crippen LogP contribution in [-0.2, 0) is 17.9 Å². The van der Waals surface area contributed by atoms with Gasteiger partial charge in [-0.15, -0.1) is 10.2 Å². The first-order valence-electron chi connectivity index (χ1n) is 8.08. The lowest BCUT2D eigenvalue weighted by molar-refractivity contribution is -0.138. The second-order valence-electron chi connectivity index (χ2n) is 6.35. The molecular formula is C17H23N5O. The number of hydrogen-bond acceptors (Lipinski definition) is 4. The molecule has 0 fully saturated rings. The molecule has 1 aliphatic rings. The summed E-state index contributed by atoms with van der Waals surface area (Å²) >= 11 is 0. The van der Waals surface area contributed by atoms with Crippen LogP contribution in [-0.4, -0.2) is 37.7 Å². The van der Waals surface area contributed by atoms with Crippen LogP contribution in [0.4, 0.5) is 0 Å². The predicted molar refractivity (Wildman–Crippen MR) is 88.4 cm³/mol. The molecule has 0 radical (unpaired) electrons. The van der Waals surface area contributed by atoms with Gasteiger partial charge in [0.2, 0.25) is 5.91 Å². The zero-order valence-corrected chi connectivity index (χ0v) is 13.7. The van der Waals surface area contributed by atoms with Gasteiger partial charge in [-0.05, 0) is 13.3 Å². The minimum absolute atomic E-state index is 0.00476. The van der Waals surface area contributed by atoms with Crippen molar-refractivity contribution in [1.29, 1.82) is 0 Å². The number of fused-ring (bicyclic) bond motifs is 1. The molecular weight excluding hydrogens is 290 g/mol. The third-order valence-corrected chi connectivity index (χ3v) is 4.33. The maximum Gasteiger partial charge on any atom is 0.242 e. The number of amides is 1. The molecule has 122 valence electrons. The van der Waals surface area contributed by atoms with Crippen LogP contribution >= 0.6 is 0 Å². The van der Waals surface area contributed by atoms with Gasteiger partial charge in [0.15, 0.2) is 11.6 Å². The molecule has 0 saturated heterocycles. The number of benzene rings is 1. The number of rotatable bonds is 4. The fraction of sp³-hybridized carbons (Fsp3) is 0.471. The third kappa shape index (κ3) is 2.99. The van der Waals surface area contributed by atoms with Crippen molar-refractivity contribution in [2.24, 2.45) is 5.73 Å². The maximum absolute atomic E-state index is 12.6. The maximum atomic E-state index is 12.6. The van der Waals surface area contributed by atoms with E-state index < -0.39 is 5.54 Å². The molecule has 2 heterocycles. The largest absolute Gasteiger partial charge is 0.332 e. The molecule has 1 aromatic carbocycles. The topological polar surface area (TPSA) is 77.0 Å². The highest BCUT2D eigenvalue weighted by Crippen LogP contribution is 2.23. The van der Waals surface area contributed by atoms with Gasteiger partial charge in [-0.25, -0.2) is 0 Å². The van der Waals surface area contributed by atoms with E-state index in [1.807, 2.05) is 44.2 Å². The van der Waals surface area contributed by atoms with Gasteiger partial charge in [-0.2, -0.15) is 0 Å². The second-order valence-corrected chi connectivity index (χ2v) is 6.35. The SMILES string of the molecule is CCCC(C)(N)C(=O)N1CCn2c(nnc2-c2ccccc2)C1. The first kappa shape index (κ1) is 15.7. The summed E-state index contributed by atoms with van der Waals surface area (Å²) in [6, 6.07) is 9.99. The summed E-state index contributed by atoms with van der Waals surface area (Å²) in [5.41, 5.74) is 6.42. The molecule has 1 unspecified atom stereocenters. The van der Waals surface area contributed by atoms with Crippen molar-refractivity contribution in [1.82, 2.24) is 19.7 Å². The zero-order valence-electron chi connectivity index (χ0n) is 13.7. The fourth-order valence-corrected chi connectivity index (χ4v) is 3.12. The molecule has 6 nitrogen and oxygen atoms in total. The normalized spacial score (nSPS) is 16.7. The Labute approximate surface area is 136 Å². The zero-order chi connectivity index (χ0) is 16.4. The van der Waals surface area contributed by atoms with Crippen LogP contribution in [0.5, 0.6) is 0 Å². The van der Waals surface area contributed by atoms with Crippen LogP contribution in [0.3, 0.4) is 0 Å². The van der Waals surface area contributed by atoms with Crippen molar-refractivity contribution in [2.75, 3.05) is 6.54 Å². The average Bonchev–Trinajstić information content (AvgIpc) is 2.98. The smallest absolute Gasteiger partial charge is 0.242 e. The van der Waals surface area contributed by atoms with Crippen LogP contribution in [0.15, 0.2) is 30.3 Å². The van der Waals surface area contributed by atoms with Crippen molar-refractivity contribution in [3.05, 3.63) is 36.2 Å². The lowest BCUT2D eigenvalue weighted by Crippen LogP contribution is -2.54. The molecule has 1 aromatic heterocycles. The van der Waals surface area contributed by atoms with E-state index in [0.29, 0.717) is 26.1 Å². The monoisotopic (exact) mass is 313 g/mol. The number of nitrogens with zero attached hydrogens (tertiary/aromatic N) is 4. The standard InChI is InChI=1S/C17H23N5O/c1-3-9-17(2,18)16(23)21-10-11-22-14(12-21)19-20-15(22)13-7-5-4-6-8-13/h4-8H,3,9-12,18H2,1-2H3.